The first-order chi connectivity index (χ1) is 32.4. The number of morpholine rings is 1. The van der Waals surface area contributed by atoms with Crippen molar-refractivity contribution < 1.29 is 43.3 Å². The van der Waals surface area contributed by atoms with Crippen LogP contribution in [0.1, 0.15) is 65.4 Å². The van der Waals surface area contributed by atoms with Gasteiger partial charge in [0.2, 0.25) is 11.8 Å². The van der Waals surface area contributed by atoms with Gasteiger partial charge in [0, 0.05) is 12.1 Å². The molecule has 5 aromatic rings. The summed E-state index contributed by atoms with van der Waals surface area (Å²) in [5.41, 5.74) is 8.25. The predicted molar refractivity (Wildman–Crippen MR) is 249 cm³/mol. The number of methoxy groups -OCH3 is 1. The summed E-state index contributed by atoms with van der Waals surface area (Å²) in [6.45, 7) is 4.29. The Hall–Kier alpha value is -7.31. The molecule has 7 atom stereocenters. The topological polar surface area (TPSA) is 181 Å². The van der Waals surface area contributed by atoms with Crippen LogP contribution >= 0.6 is 0 Å². The van der Waals surface area contributed by atoms with Crippen LogP contribution in [-0.4, -0.2) is 90.7 Å². The van der Waals surface area contributed by atoms with Crippen LogP contribution in [0, 0.1) is 23.7 Å². The monoisotopic (exact) mass is 903 g/mol. The highest BCUT2D eigenvalue weighted by atomic mass is 16.6. The fraction of sp³-hybridized carbons (Fsp3) is 0.302. The number of amides is 4. The number of carbonyl (C=O) groups excluding carboxylic acids is 5. The maximum atomic E-state index is 16.2. The van der Waals surface area contributed by atoms with Crippen molar-refractivity contribution in [3.63, 3.8) is 0 Å². The lowest BCUT2D eigenvalue weighted by atomic mass is 9.65. The molecule has 0 aromatic heterocycles. The van der Waals surface area contributed by atoms with E-state index in [4.69, 9.17) is 19.9 Å². The molecule has 1 spiro atoms. The minimum atomic E-state index is -2.09. The third kappa shape index (κ3) is 8.65. The van der Waals surface area contributed by atoms with E-state index in [9.17, 15) is 19.5 Å². The zero-order chi connectivity index (χ0) is 47.4. The normalized spacial score (nSPS) is 22.4. The number of anilines is 1. The number of urea groups is 1. The molecule has 14 heteroatoms. The number of nitrogens with one attached hydrogen (secondary N) is 1. The lowest BCUT2D eigenvalue weighted by Gasteiger charge is -2.46. The molecule has 5 aromatic carbocycles. The zero-order valence-electron chi connectivity index (χ0n) is 37.7. The highest BCUT2D eigenvalue weighted by molar-refractivity contribution is 6.25. The van der Waals surface area contributed by atoms with Crippen molar-refractivity contribution in [2.45, 2.75) is 56.1 Å². The molecule has 0 bridgehead atoms. The molecule has 3 aliphatic rings. The number of esters is 2. The number of aliphatic hydroxyl groups excluding tert-OH is 1. The van der Waals surface area contributed by atoms with Gasteiger partial charge < -0.3 is 30.4 Å². The Balaban J connectivity index is 1.37. The van der Waals surface area contributed by atoms with Gasteiger partial charge in [0.1, 0.15) is 36.0 Å². The van der Waals surface area contributed by atoms with Crippen LogP contribution in [0.4, 0.5) is 10.5 Å². The Labute approximate surface area is 389 Å². The van der Waals surface area contributed by atoms with E-state index in [0.29, 0.717) is 35.5 Å². The summed E-state index contributed by atoms with van der Waals surface area (Å²) < 4.78 is 17.2. The number of benzene rings is 5. The third-order valence-corrected chi connectivity index (χ3v) is 12.8. The average molecular weight is 904 g/mol. The van der Waals surface area contributed by atoms with Gasteiger partial charge in [0.05, 0.1) is 44.0 Å². The molecule has 0 radical (unpaired) electrons. The molecular weight excluding hydrogens is 851 g/mol. The summed E-state index contributed by atoms with van der Waals surface area (Å²) in [7, 11) is 3.16. The third-order valence-electron chi connectivity index (χ3n) is 12.8. The Morgan fingerprint density at radius 1 is 0.866 bits per heavy atom. The van der Waals surface area contributed by atoms with E-state index in [1.54, 1.807) is 56.3 Å². The number of fused-ring (bicyclic) bond motifs is 3. The van der Waals surface area contributed by atoms with Crippen molar-refractivity contribution in [2.24, 2.45) is 17.6 Å². The Bertz CT molecular complexity index is 2690. The van der Waals surface area contributed by atoms with Gasteiger partial charge in [-0.15, -0.1) is 0 Å². The van der Waals surface area contributed by atoms with E-state index < -0.39 is 77.3 Å². The van der Waals surface area contributed by atoms with Gasteiger partial charge in [0.25, 0.3) is 0 Å². The number of nitrogens with zero attached hydrogens (tertiary/aromatic N) is 3. The first-order valence-corrected chi connectivity index (χ1v) is 22.2. The van der Waals surface area contributed by atoms with E-state index in [2.05, 4.69) is 22.1 Å². The van der Waals surface area contributed by atoms with E-state index in [0.717, 1.165) is 16.0 Å². The van der Waals surface area contributed by atoms with E-state index in [1.165, 1.54) is 7.11 Å². The fourth-order valence-electron chi connectivity index (χ4n) is 9.98. The van der Waals surface area contributed by atoms with Gasteiger partial charge in [-0.25, -0.2) is 14.5 Å². The minimum Gasteiger partial charge on any atom is -0.491 e. The van der Waals surface area contributed by atoms with Crippen molar-refractivity contribution in [1.82, 2.24) is 15.1 Å². The van der Waals surface area contributed by atoms with Gasteiger partial charge >= 0.3 is 18.0 Å². The van der Waals surface area contributed by atoms with E-state index >= 15 is 9.59 Å². The average Bonchev–Trinajstić information content (AvgIpc) is 3.79. The predicted octanol–water partition coefficient (Wildman–Crippen LogP) is 5.60. The number of primary amides is 1. The van der Waals surface area contributed by atoms with Crippen molar-refractivity contribution >= 4 is 35.5 Å². The molecule has 3 heterocycles. The van der Waals surface area contributed by atoms with E-state index in [1.807, 2.05) is 103 Å². The number of carbonyl (C=O) groups is 5. The number of hydrogen-bond acceptors (Lipinski definition) is 11. The van der Waals surface area contributed by atoms with E-state index in [-0.39, 0.29) is 24.5 Å². The van der Waals surface area contributed by atoms with Crippen molar-refractivity contribution in [2.75, 3.05) is 38.8 Å². The second kappa shape index (κ2) is 19.7. The molecule has 4 amide bonds. The molecule has 2 fully saturated rings. The molecule has 67 heavy (non-hydrogen) atoms. The molecule has 0 aliphatic carbocycles. The maximum absolute atomic E-state index is 16.2. The van der Waals surface area contributed by atoms with Crippen molar-refractivity contribution in [3.05, 3.63) is 167 Å². The Kier molecular flexibility index (Phi) is 13.6. The van der Waals surface area contributed by atoms with Crippen molar-refractivity contribution in [1.29, 1.82) is 0 Å². The highest BCUT2D eigenvalue weighted by Gasteiger charge is 2.75. The smallest absolute Gasteiger partial charge is 0.329 e. The van der Waals surface area contributed by atoms with Gasteiger partial charge in [-0.2, -0.15) is 0 Å². The number of imide groups is 1. The minimum absolute atomic E-state index is 0.0239. The summed E-state index contributed by atoms with van der Waals surface area (Å²) in [5, 5.41) is 12.3. The number of rotatable bonds is 13. The van der Waals surface area contributed by atoms with Crippen LogP contribution in [0.3, 0.4) is 0 Å². The standard InChI is InChI=1S/C53H53N5O9/c1-33(2)43(49(61)65-4)55-52(64)57-41-27-22-34(17-14-28-56(3)32-35-15-8-5-9-16-35)31-40(41)53(51(57)63)42(48(54)60)45-50(62)67-46(37-20-12-7-13-21-37)44(36-18-10-6-11-19-36)58(45)47(53)38-23-25-39(26-24-38)66-30-29-59/h5-13,15-16,18-27,31,33,42-47,59H,28-30,32H2,1-4H3,(H2,54,60)(H,55,64)/t42-,43+,44-,45-,46+,47+,53-/m1/s1. The summed E-state index contributed by atoms with van der Waals surface area (Å²) in [5.74, 6) is 1.51. The molecule has 8 rings (SSSR count). The summed E-state index contributed by atoms with van der Waals surface area (Å²) >= 11 is 0. The van der Waals surface area contributed by atoms with Crippen LogP contribution in [0.5, 0.6) is 5.75 Å². The lowest BCUT2D eigenvalue weighted by Crippen LogP contribution is -2.57. The Morgan fingerprint density at radius 3 is 2.12 bits per heavy atom. The number of aliphatic hydroxyl groups is 1. The SMILES string of the molecule is COC(=O)[C@@H](NC(=O)N1C(=O)[C@@]2(c3cc(C#CCN(C)Cc4ccccc4)ccc31)[C@H](c1ccc(OCCO)cc1)N1[C@H](c3ccccc3)[C@H](c3ccccc3)OC(=O)[C@H]1[C@@H]2C(N)=O)C(C)C. The maximum Gasteiger partial charge on any atom is 0.329 e. The molecule has 0 saturated carbocycles. The van der Waals surface area contributed by atoms with Crippen LogP contribution in [0.2, 0.25) is 0 Å². The quantitative estimate of drug-likeness (QED) is 0.0989. The number of ether oxygens (including phenoxy) is 3. The second-order valence-electron chi connectivity index (χ2n) is 17.3. The van der Waals surface area contributed by atoms with Crippen LogP contribution in [0.15, 0.2) is 133 Å². The number of cyclic esters (lactones) is 1. The van der Waals surface area contributed by atoms with Crippen LogP contribution in [0.25, 0.3) is 0 Å². The summed E-state index contributed by atoms with van der Waals surface area (Å²) in [4.78, 5) is 78.6. The van der Waals surface area contributed by atoms with Crippen LogP contribution in [-0.2, 0) is 40.6 Å². The molecule has 344 valence electrons. The summed E-state index contributed by atoms with van der Waals surface area (Å²) in [6.07, 6.45) is -0.932. The van der Waals surface area contributed by atoms with Gasteiger partial charge in [-0.1, -0.05) is 129 Å². The Morgan fingerprint density at radius 2 is 1.51 bits per heavy atom. The first-order valence-electron chi connectivity index (χ1n) is 22.2. The lowest BCUT2D eigenvalue weighted by molar-refractivity contribution is -0.178. The zero-order valence-corrected chi connectivity index (χ0v) is 37.7. The molecule has 4 N–H and O–H groups in total. The number of hydrogen-bond donors (Lipinski definition) is 3. The highest BCUT2D eigenvalue weighted by Crippen LogP contribution is 2.65. The number of nitrogens with two attached hydrogens (primary N) is 1. The second-order valence-corrected chi connectivity index (χ2v) is 17.3. The van der Waals surface area contributed by atoms with Gasteiger partial charge in [-0.3, -0.25) is 24.2 Å². The molecule has 0 unspecified atom stereocenters. The van der Waals surface area contributed by atoms with Crippen molar-refractivity contribution in [3.8, 4) is 17.6 Å². The molecule has 14 nitrogen and oxygen atoms in total. The first kappa shape index (κ1) is 46.2. The molecule has 3 aliphatic heterocycles. The summed E-state index contributed by atoms with van der Waals surface area (Å²) in [6, 6.07) is 34.9. The van der Waals surface area contributed by atoms with Gasteiger partial charge in [0.15, 0.2) is 0 Å². The van der Waals surface area contributed by atoms with Crippen LogP contribution < -0.4 is 20.7 Å². The molecular formula is C53H53N5O9. The molecule has 2 saturated heterocycles. The fourth-order valence-corrected chi connectivity index (χ4v) is 9.98. The largest absolute Gasteiger partial charge is 0.491 e. The van der Waals surface area contributed by atoms with Gasteiger partial charge in [-0.05, 0) is 71.1 Å².